The Balaban J connectivity index is 2.33. The first kappa shape index (κ1) is 15.7. The molecule has 1 aromatic carbocycles. The highest BCUT2D eigenvalue weighted by Crippen LogP contribution is 2.41. The third-order valence-electron chi connectivity index (χ3n) is 3.66. The molecule has 0 spiro atoms. The maximum atomic E-state index is 12.3. The molecule has 1 atom stereocenters. The van der Waals surface area contributed by atoms with Gasteiger partial charge in [-0.05, 0) is 26.0 Å². The maximum absolute atomic E-state index is 12.3. The lowest BCUT2D eigenvalue weighted by Crippen LogP contribution is -2.44. The molecule has 0 aromatic heterocycles. The molecule has 1 aromatic rings. The summed E-state index contributed by atoms with van der Waals surface area (Å²) in [6, 6.07) is 5.71. The molecule has 0 saturated carbocycles. The average Bonchev–Trinajstić information content (AvgIpc) is 2.35. The zero-order chi connectivity index (χ0) is 15.8. The molecular weight excluding hydrogens is 266 g/mol. The summed E-state index contributed by atoms with van der Waals surface area (Å²) in [6.07, 6.45) is 0.744. The normalized spacial score (nSPS) is 20.2. The molecule has 1 N–H and O–H groups in total. The van der Waals surface area contributed by atoms with E-state index in [9.17, 15) is 4.79 Å². The summed E-state index contributed by atoms with van der Waals surface area (Å²) in [7, 11) is 1.63. The van der Waals surface area contributed by atoms with Crippen LogP contribution in [0.15, 0.2) is 18.2 Å². The number of carbonyl (C=O) groups excluding carboxylic acids is 1. The van der Waals surface area contributed by atoms with E-state index in [0.717, 1.165) is 23.5 Å². The number of ether oxygens (including phenoxy) is 2. The number of amides is 1. The Bertz CT molecular complexity index is 543. The SMILES string of the molecule is COc1ccc2c(c1)OC(C)(C)C[C@@H]2NC(=O)C(C)(C)C. The van der Waals surface area contributed by atoms with Crippen LogP contribution in [-0.2, 0) is 4.79 Å². The van der Waals surface area contributed by atoms with Gasteiger partial charge in [0, 0.05) is 23.5 Å². The van der Waals surface area contributed by atoms with Crippen LogP contribution in [0.4, 0.5) is 0 Å². The molecule has 1 amide bonds. The largest absolute Gasteiger partial charge is 0.497 e. The van der Waals surface area contributed by atoms with E-state index in [1.165, 1.54) is 0 Å². The van der Waals surface area contributed by atoms with Crippen LogP contribution in [-0.4, -0.2) is 18.6 Å². The van der Waals surface area contributed by atoms with Crippen molar-refractivity contribution in [1.29, 1.82) is 0 Å². The molecular formula is C17H25NO3. The first-order chi connectivity index (χ1) is 9.62. The van der Waals surface area contributed by atoms with Crippen molar-refractivity contribution >= 4 is 5.91 Å². The van der Waals surface area contributed by atoms with Gasteiger partial charge in [0.2, 0.25) is 5.91 Å². The summed E-state index contributed by atoms with van der Waals surface area (Å²) in [6.45, 7) is 9.82. The van der Waals surface area contributed by atoms with Crippen molar-refractivity contribution in [3.8, 4) is 11.5 Å². The number of nitrogens with one attached hydrogen (secondary N) is 1. The zero-order valence-electron chi connectivity index (χ0n) is 13.7. The minimum absolute atomic E-state index is 0.0404. The van der Waals surface area contributed by atoms with E-state index >= 15 is 0 Å². The van der Waals surface area contributed by atoms with Gasteiger partial charge in [-0.2, -0.15) is 0 Å². The first-order valence-electron chi connectivity index (χ1n) is 7.30. The summed E-state index contributed by atoms with van der Waals surface area (Å²) in [5.41, 5.74) is 0.275. The average molecular weight is 291 g/mol. The molecule has 0 unspecified atom stereocenters. The zero-order valence-corrected chi connectivity index (χ0v) is 13.7. The van der Waals surface area contributed by atoms with E-state index in [4.69, 9.17) is 9.47 Å². The summed E-state index contributed by atoms with van der Waals surface area (Å²) in [5.74, 6) is 1.59. The fourth-order valence-electron chi connectivity index (χ4n) is 2.46. The Morgan fingerprint density at radius 1 is 1.38 bits per heavy atom. The van der Waals surface area contributed by atoms with Crippen molar-refractivity contribution in [2.24, 2.45) is 5.41 Å². The number of hydrogen-bond donors (Lipinski definition) is 1. The van der Waals surface area contributed by atoms with Crippen molar-refractivity contribution < 1.29 is 14.3 Å². The Hall–Kier alpha value is -1.71. The van der Waals surface area contributed by atoms with Gasteiger partial charge in [0.1, 0.15) is 17.1 Å². The molecule has 0 radical (unpaired) electrons. The highest BCUT2D eigenvalue weighted by atomic mass is 16.5. The highest BCUT2D eigenvalue weighted by molar-refractivity contribution is 5.82. The monoisotopic (exact) mass is 291 g/mol. The van der Waals surface area contributed by atoms with Gasteiger partial charge in [-0.25, -0.2) is 0 Å². The van der Waals surface area contributed by atoms with Crippen LogP contribution < -0.4 is 14.8 Å². The standard InChI is InChI=1S/C17H25NO3/c1-16(2,3)15(19)18-13-10-17(4,5)21-14-9-11(20-6)7-8-12(13)14/h7-9,13H,10H2,1-6H3,(H,18,19)/t13-/m0/s1. The molecule has 116 valence electrons. The van der Waals surface area contributed by atoms with Crippen LogP contribution in [0.1, 0.15) is 52.6 Å². The lowest BCUT2D eigenvalue weighted by molar-refractivity contribution is -0.129. The van der Waals surface area contributed by atoms with Gasteiger partial charge in [0.25, 0.3) is 0 Å². The number of benzene rings is 1. The van der Waals surface area contributed by atoms with E-state index in [2.05, 4.69) is 5.32 Å². The summed E-state index contributed by atoms with van der Waals surface area (Å²) < 4.78 is 11.3. The molecule has 4 heteroatoms. The molecule has 1 heterocycles. The van der Waals surface area contributed by atoms with Crippen molar-refractivity contribution in [2.75, 3.05) is 7.11 Å². The topological polar surface area (TPSA) is 47.6 Å². The molecule has 4 nitrogen and oxygen atoms in total. The summed E-state index contributed by atoms with van der Waals surface area (Å²) in [5, 5.41) is 3.15. The van der Waals surface area contributed by atoms with Crippen molar-refractivity contribution in [1.82, 2.24) is 5.32 Å². The molecule has 2 rings (SSSR count). The molecule has 0 fully saturated rings. The molecule has 0 saturated heterocycles. The second-order valence-electron chi connectivity index (χ2n) is 7.25. The van der Waals surface area contributed by atoms with E-state index in [1.54, 1.807) is 7.11 Å². The van der Waals surface area contributed by atoms with Gasteiger partial charge in [-0.3, -0.25) is 4.79 Å². The fraction of sp³-hybridized carbons (Fsp3) is 0.588. The number of hydrogen-bond acceptors (Lipinski definition) is 3. The Morgan fingerprint density at radius 3 is 2.62 bits per heavy atom. The quantitative estimate of drug-likeness (QED) is 0.907. The molecule has 1 aliphatic rings. The van der Waals surface area contributed by atoms with E-state index in [0.29, 0.717) is 0 Å². The second-order valence-corrected chi connectivity index (χ2v) is 7.25. The van der Waals surface area contributed by atoms with Crippen LogP contribution >= 0.6 is 0 Å². The Labute approximate surface area is 126 Å². The minimum atomic E-state index is -0.408. The van der Waals surface area contributed by atoms with Gasteiger partial charge in [0.15, 0.2) is 0 Å². The van der Waals surface area contributed by atoms with Gasteiger partial charge < -0.3 is 14.8 Å². The van der Waals surface area contributed by atoms with Crippen LogP contribution in [0.3, 0.4) is 0 Å². The molecule has 1 aliphatic heterocycles. The molecule has 0 aliphatic carbocycles. The molecule has 0 bridgehead atoms. The third-order valence-corrected chi connectivity index (χ3v) is 3.66. The van der Waals surface area contributed by atoms with Gasteiger partial charge in [0.05, 0.1) is 13.2 Å². The van der Waals surface area contributed by atoms with Crippen molar-refractivity contribution in [3.63, 3.8) is 0 Å². The highest BCUT2D eigenvalue weighted by Gasteiger charge is 2.36. The van der Waals surface area contributed by atoms with E-state index in [1.807, 2.05) is 52.8 Å². The van der Waals surface area contributed by atoms with Crippen LogP contribution in [0.25, 0.3) is 0 Å². The minimum Gasteiger partial charge on any atom is -0.497 e. The van der Waals surface area contributed by atoms with Gasteiger partial charge in [-0.15, -0.1) is 0 Å². The lowest BCUT2D eigenvalue weighted by atomic mass is 9.88. The predicted octanol–water partition coefficient (Wildman–Crippen LogP) is 3.46. The maximum Gasteiger partial charge on any atom is 0.225 e. The first-order valence-corrected chi connectivity index (χ1v) is 7.30. The number of rotatable bonds is 2. The fourth-order valence-corrected chi connectivity index (χ4v) is 2.46. The van der Waals surface area contributed by atoms with E-state index < -0.39 is 5.41 Å². The van der Waals surface area contributed by atoms with E-state index in [-0.39, 0.29) is 17.6 Å². The summed E-state index contributed by atoms with van der Waals surface area (Å²) in [4.78, 5) is 12.3. The lowest BCUT2D eigenvalue weighted by Gasteiger charge is -2.38. The third kappa shape index (κ3) is 3.49. The number of methoxy groups -OCH3 is 1. The number of carbonyl (C=O) groups is 1. The van der Waals surface area contributed by atoms with Crippen LogP contribution in [0.5, 0.6) is 11.5 Å². The second kappa shape index (κ2) is 5.24. The summed E-state index contributed by atoms with van der Waals surface area (Å²) >= 11 is 0. The molecule has 21 heavy (non-hydrogen) atoms. The smallest absolute Gasteiger partial charge is 0.225 e. The van der Waals surface area contributed by atoms with Crippen molar-refractivity contribution in [2.45, 2.75) is 52.7 Å². The van der Waals surface area contributed by atoms with Gasteiger partial charge in [-0.1, -0.05) is 20.8 Å². The van der Waals surface area contributed by atoms with Crippen LogP contribution in [0.2, 0.25) is 0 Å². The Morgan fingerprint density at radius 2 is 2.05 bits per heavy atom. The van der Waals surface area contributed by atoms with Crippen LogP contribution in [0, 0.1) is 5.41 Å². The van der Waals surface area contributed by atoms with Crippen molar-refractivity contribution in [3.05, 3.63) is 23.8 Å². The van der Waals surface area contributed by atoms with Gasteiger partial charge >= 0.3 is 0 Å². The number of fused-ring (bicyclic) bond motifs is 1. The Kier molecular flexibility index (Phi) is 3.91. The predicted molar refractivity (Wildman–Crippen MR) is 82.7 cm³/mol.